The van der Waals surface area contributed by atoms with Crippen molar-refractivity contribution in [3.63, 3.8) is 0 Å². The molecule has 4 heteroatoms. The molecule has 1 unspecified atom stereocenters. The van der Waals surface area contributed by atoms with Crippen LogP contribution in [-0.4, -0.2) is 17.0 Å². The summed E-state index contributed by atoms with van der Waals surface area (Å²) in [6, 6.07) is 4.29. The van der Waals surface area contributed by atoms with Crippen molar-refractivity contribution >= 4 is 38.5 Å². The van der Waals surface area contributed by atoms with Gasteiger partial charge in [-0.1, -0.05) is 27.7 Å². The third-order valence-corrected chi connectivity index (χ3v) is 5.30. The molecule has 2 aliphatic rings. The Labute approximate surface area is 121 Å². The molecule has 18 heavy (non-hydrogen) atoms. The number of nitrogens with zero attached hydrogens (tertiary/aromatic N) is 1. The maximum Gasteiger partial charge on any atom is 0.161 e. The molecular formula is C14H17BrN2S. The highest BCUT2D eigenvalue weighted by Gasteiger charge is 2.35. The van der Waals surface area contributed by atoms with Crippen molar-refractivity contribution < 1.29 is 0 Å². The summed E-state index contributed by atoms with van der Waals surface area (Å²) in [5, 5.41) is 5.33. The number of thioether (sulfide) groups is 1. The first kappa shape index (κ1) is 12.5. The molecule has 1 saturated carbocycles. The number of benzene rings is 1. The van der Waals surface area contributed by atoms with Gasteiger partial charge in [-0.2, -0.15) is 0 Å². The van der Waals surface area contributed by atoms with Crippen molar-refractivity contribution in [2.24, 2.45) is 10.9 Å². The molecule has 1 fully saturated rings. The van der Waals surface area contributed by atoms with E-state index < -0.39 is 0 Å². The van der Waals surface area contributed by atoms with E-state index in [9.17, 15) is 0 Å². The smallest absolute Gasteiger partial charge is 0.161 e. The van der Waals surface area contributed by atoms with E-state index in [2.05, 4.69) is 52.2 Å². The normalized spacial score (nSPS) is 23.1. The Hall–Kier alpha value is -0.480. The molecule has 1 aromatic rings. The number of halogens is 1. The van der Waals surface area contributed by atoms with Gasteiger partial charge in [-0.05, 0) is 55.9 Å². The van der Waals surface area contributed by atoms with Crippen LogP contribution in [0.1, 0.15) is 24.0 Å². The van der Waals surface area contributed by atoms with Crippen LogP contribution in [0.4, 0.5) is 5.69 Å². The first-order valence-electron chi connectivity index (χ1n) is 6.38. The number of hydrogen-bond donors (Lipinski definition) is 1. The maximum absolute atomic E-state index is 4.64. The maximum atomic E-state index is 4.64. The van der Waals surface area contributed by atoms with Gasteiger partial charge < -0.3 is 5.32 Å². The van der Waals surface area contributed by atoms with Crippen LogP contribution in [0.3, 0.4) is 0 Å². The number of aliphatic imine (C=N–C) groups is 1. The van der Waals surface area contributed by atoms with E-state index in [-0.39, 0.29) is 0 Å². The highest BCUT2D eigenvalue weighted by Crippen LogP contribution is 2.42. The number of nitrogens with one attached hydrogen (secondary N) is 1. The standard InChI is InChI=1S/C14H17BrN2S/c1-8-5-11(15)6-9(2)13(8)17-14-16-7-12(18-14)10-3-4-10/h5-6,10,12H,3-4,7H2,1-2H3,(H,16,17). The summed E-state index contributed by atoms with van der Waals surface area (Å²) in [6.45, 7) is 5.27. The van der Waals surface area contributed by atoms with Crippen LogP contribution in [0.2, 0.25) is 0 Å². The molecule has 1 atom stereocenters. The minimum atomic E-state index is 0.726. The topological polar surface area (TPSA) is 24.4 Å². The third kappa shape index (κ3) is 2.59. The summed E-state index contributed by atoms with van der Waals surface area (Å²) in [5.41, 5.74) is 3.74. The van der Waals surface area contributed by atoms with Crippen molar-refractivity contribution in [3.05, 3.63) is 27.7 Å². The summed E-state index contributed by atoms with van der Waals surface area (Å²) < 4.78 is 1.14. The van der Waals surface area contributed by atoms with Crippen LogP contribution in [0, 0.1) is 19.8 Å². The van der Waals surface area contributed by atoms with E-state index in [0.29, 0.717) is 0 Å². The SMILES string of the molecule is Cc1cc(Br)cc(C)c1NC1=NCC(C2CC2)S1. The minimum absolute atomic E-state index is 0.726. The number of amidine groups is 1. The molecule has 3 rings (SSSR count). The molecule has 1 heterocycles. The Bertz CT molecular complexity index is 486. The van der Waals surface area contributed by atoms with Crippen molar-refractivity contribution in [2.75, 3.05) is 11.9 Å². The summed E-state index contributed by atoms with van der Waals surface area (Å²) in [6.07, 6.45) is 2.80. The molecule has 0 amide bonds. The average Bonchev–Trinajstić information content (AvgIpc) is 3.04. The van der Waals surface area contributed by atoms with E-state index in [0.717, 1.165) is 27.4 Å². The molecule has 1 aromatic carbocycles. The summed E-state index contributed by atoms with van der Waals surface area (Å²) >= 11 is 5.46. The van der Waals surface area contributed by atoms with Gasteiger partial charge in [0.1, 0.15) is 0 Å². The predicted molar refractivity (Wildman–Crippen MR) is 83.6 cm³/mol. The van der Waals surface area contributed by atoms with Gasteiger partial charge in [-0.3, -0.25) is 4.99 Å². The molecule has 0 bridgehead atoms. The Morgan fingerprint density at radius 1 is 1.28 bits per heavy atom. The summed E-state index contributed by atoms with van der Waals surface area (Å²) in [7, 11) is 0. The van der Waals surface area contributed by atoms with Crippen molar-refractivity contribution in [2.45, 2.75) is 31.9 Å². The van der Waals surface area contributed by atoms with Gasteiger partial charge in [-0.25, -0.2) is 0 Å². The number of anilines is 1. The highest BCUT2D eigenvalue weighted by molar-refractivity contribution is 9.10. The van der Waals surface area contributed by atoms with Crippen LogP contribution in [0.25, 0.3) is 0 Å². The summed E-state index contributed by atoms with van der Waals surface area (Å²) in [4.78, 5) is 4.64. The van der Waals surface area contributed by atoms with Crippen LogP contribution < -0.4 is 5.32 Å². The molecule has 1 aliphatic carbocycles. The number of aryl methyl sites for hydroxylation is 2. The number of hydrogen-bond acceptors (Lipinski definition) is 3. The second-order valence-electron chi connectivity index (χ2n) is 5.18. The van der Waals surface area contributed by atoms with Crippen LogP contribution in [0.5, 0.6) is 0 Å². The first-order valence-corrected chi connectivity index (χ1v) is 8.05. The molecule has 0 spiro atoms. The second-order valence-corrected chi connectivity index (χ2v) is 7.32. The molecule has 0 radical (unpaired) electrons. The average molecular weight is 325 g/mol. The fraction of sp³-hybridized carbons (Fsp3) is 0.500. The zero-order valence-electron chi connectivity index (χ0n) is 10.7. The van der Waals surface area contributed by atoms with Gasteiger partial charge in [0.25, 0.3) is 0 Å². The van der Waals surface area contributed by atoms with Crippen LogP contribution in [0.15, 0.2) is 21.6 Å². The van der Waals surface area contributed by atoms with Gasteiger partial charge >= 0.3 is 0 Å². The zero-order valence-corrected chi connectivity index (χ0v) is 13.1. The van der Waals surface area contributed by atoms with Gasteiger partial charge in [0, 0.05) is 15.4 Å². The fourth-order valence-corrected chi connectivity index (χ4v) is 4.29. The molecule has 96 valence electrons. The second kappa shape index (κ2) is 4.89. The largest absolute Gasteiger partial charge is 0.335 e. The minimum Gasteiger partial charge on any atom is -0.335 e. The van der Waals surface area contributed by atoms with E-state index >= 15 is 0 Å². The number of rotatable bonds is 2. The molecular weight excluding hydrogens is 308 g/mol. The van der Waals surface area contributed by atoms with E-state index in [4.69, 9.17) is 0 Å². The molecule has 2 nitrogen and oxygen atoms in total. The zero-order chi connectivity index (χ0) is 12.7. The Balaban J connectivity index is 1.73. The lowest BCUT2D eigenvalue weighted by Gasteiger charge is -2.13. The molecule has 0 aromatic heterocycles. The molecule has 0 saturated heterocycles. The van der Waals surface area contributed by atoms with Crippen LogP contribution in [-0.2, 0) is 0 Å². The highest BCUT2D eigenvalue weighted by atomic mass is 79.9. The monoisotopic (exact) mass is 324 g/mol. The Kier molecular flexibility index (Phi) is 3.41. The first-order chi connectivity index (χ1) is 8.63. The van der Waals surface area contributed by atoms with Gasteiger partial charge in [-0.15, -0.1) is 0 Å². The van der Waals surface area contributed by atoms with Gasteiger partial charge in [0.05, 0.1) is 6.54 Å². The lowest BCUT2D eigenvalue weighted by Crippen LogP contribution is -2.10. The van der Waals surface area contributed by atoms with Gasteiger partial charge in [0.2, 0.25) is 0 Å². The molecule has 1 N–H and O–H groups in total. The Morgan fingerprint density at radius 3 is 2.56 bits per heavy atom. The lowest BCUT2D eigenvalue weighted by atomic mass is 10.1. The van der Waals surface area contributed by atoms with Crippen LogP contribution >= 0.6 is 27.7 Å². The van der Waals surface area contributed by atoms with Gasteiger partial charge in [0.15, 0.2) is 5.17 Å². The lowest BCUT2D eigenvalue weighted by molar-refractivity contribution is 0.773. The van der Waals surface area contributed by atoms with E-state index in [1.165, 1.54) is 29.7 Å². The third-order valence-electron chi connectivity index (χ3n) is 3.56. The fourth-order valence-electron chi connectivity index (χ4n) is 2.39. The van der Waals surface area contributed by atoms with E-state index in [1.54, 1.807) is 0 Å². The van der Waals surface area contributed by atoms with E-state index in [1.807, 2.05) is 11.8 Å². The summed E-state index contributed by atoms with van der Waals surface area (Å²) in [5.74, 6) is 0.921. The van der Waals surface area contributed by atoms with Crippen molar-refractivity contribution in [1.82, 2.24) is 0 Å². The van der Waals surface area contributed by atoms with Crippen molar-refractivity contribution in [1.29, 1.82) is 0 Å². The predicted octanol–water partition coefficient (Wildman–Crippen LogP) is 4.36. The van der Waals surface area contributed by atoms with Crippen molar-refractivity contribution in [3.8, 4) is 0 Å². The Morgan fingerprint density at radius 2 is 1.94 bits per heavy atom. The molecule has 1 aliphatic heterocycles. The quantitative estimate of drug-likeness (QED) is 0.874.